The number of anilines is 2. The van der Waals surface area contributed by atoms with Crippen LogP contribution in [0.3, 0.4) is 0 Å². The molecule has 0 bridgehead atoms. The molecule has 150 valence electrons. The summed E-state index contributed by atoms with van der Waals surface area (Å²) in [6.07, 6.45) is 1.55. The van der Waals surface area contributed by atoms with Crippen molar-refractivity contribution in [2.75, 3.05) is 17.2 Å². The molecule has 7 nitrogen and oxygen atoms in total. The molecule has 3 rings (SSSR count). The summed E-state index contributed by atoms with van der Waals surface area (Å²) in [4.78, 5) is 24.0. The van der Waals surface area contributed by atoms with Crippen LogP contribution in [0.25, 0.3) is 0 Å². The van der Waals surface area contributed by atoms with E-state index >= 15 is 0 Å². The molecule has 0 aliphatic heterocycles. The standard InChI is InChI=1S/C22H23N3O4/c1-15-5-6-16(2)20(12-15)29-14-21(26)24-17-7-9-18(10-8-17)25-22(27)23-13-19-4-3-11-28-19/h3-12H,13-14H2,1-2H3,(H,24,26)(H2,23,25,27). The van der Waals surface area contributed by atoms with Crippen LogP contribution in [-0.4, -0.2) is 18.5 Å². The Morgan fingerprint density at radius 2 is 1.69 bits per heavy atom. The summed E-state index contributed by atoms with van der Waals surface area (Å²) in [7, 11) is 0. The van der Waals surface area contributed by atoms with Crippen LogP contribution in [0.4, 0.5) is 16.2 Å². The lowest BCUT2D eigenvalue weighted by atomic mass is 10.1. The Bertz CT molecular complexity index is 966. The van der Waals surface area contributed by atoms with E-state index in [9.17, 15) is 9.59 Å². The Hall–Kier alpha value is -3.74. The molecular formula is C22H23N3O4. The average molecular weight is 393 g/mol. The summed E-state index contributed by atoms with van der Waals surface area (Å²) in [6, 6.07) is 15.9. The number of hydrogen-bond acceptors (Lipinski definition) is 4. The Labute approximate surface area is 169 Å². The second-order valence-electron chi connectivity index (χ2n) is 6.57. The van der Waals surface area contributed by atoms with Gasteiger partial charge in [0, 0.05) is 11.4 Å². The lowest BCUT2D eigenvalue weighted by Gasteiger charge is -2.11. The van der Waals surface area contributed by atoms with Gasteiger partial charge >= 0.3 is 6.03 Å². The van der Waals surface area contributed by atoms with Gasteiger partial charge in [-0.2, -0.15) is 0 Å². The zero-order valence-electron chi connectivity index (χ0n) is 16.3. The zero-order valence-corrected chi connectivity index (χ0v) is 16.3. The molecule has 0 radical (unpaired) electrons. The smallest absolute Gasteiger partial charge is 0.319 e. The number of furan rings is 1. The highest BCUT2D eigenvalue weighted by molar-refractivity contribution is 5.93. The predicted octanol–water partition coefficient (Wildman–Crippen LogP) is 4.24. The minimum Gasteiger partial charge on any atom is -0.483 e. The molecule has 0 aliphatic carbocycles. The van der Waals surface area contributed by atoms with Gasteiger partial charge in [0.25, 0.3) is 5.91 Å². The van der Waals surface area contributed by atoms with E-state index < -0.39 is 0 Å². The molecule has 0 saturated carbocycles. The first-order chi connectivity index (χ1) is 14.0. The summed E-state index contributed by atoms with van der Waals surface area (Å²) in [6.45, 7) is 4.12. The zero-order chi connectivity index (χ0) is 20.6. The SMILES string of the molecule is Cc1ccc(C)c(OCC(=O)Nc2ccc(NC(=O)NCc3ccco3)cc2)c1. The third-order valence-electron chi connectivity index (χ3n) is 4.13. The van der Waals surface area contributed by atoms with E-state index in [1.54, 1.807) is 42.7 Å². The van der Waals surface area contributed by atoms with E-state index in [0.717, 1.165) is 11.1 Å². The van der Waals surface area contributed by atoms with E-state index in [-0.39, 0.29) is 18.5 Å². The Balaban J connectivity index is 1.45. The van der Waals surface area contributed by atoms with Gasteiger partial charge in [0.15, 0.2) is 6.61 Å². The van der Waals surface area contributed by atoms with Gasteiger partial charge in [0.1, 0.15) is 11.5 Å². The third kappa shape index (κ3) is 6.14. The van der Waals surface area contributed by atoms with Crippen LogP contribution in [0.15, 0.2) is 65.3 Å². The molecule has 29 heavy (non-hydrogen) atoms. The number of urea groups is 1. The van der Waals surface area contributed by atoms with E-state index in [4.69, 9.17) is 9.15 Å². The van der Waals surface area contributed by atoms with Crippen molar-refractivity contribution in [3.8, 4) is 5.75 Å². The molecule has 3 amide bonds. The van der Waals surface area contributed by atoms with Gasteiger partial charge < -0.3 is 25.1 Å². The Kier molecular flexibility index (Phi) is 6.52. The number of ether oxygens (including phenoxy) is 1. The van der Waals surface area contributed by atoms with E-state index in [2.05, 4.69) is 16.0 Å². The molecule has 3 aromatic rings. The topological polar surface area (TPSA) is 92.6 Å². The first-order valence-corrected chi connectivity index (χ1v) is 9.17. The lowest BCUT2D eigenvalue weighted by Crippen LogP contribution is -2.28. The molecule has 0 unspecified atom stereocenters. The van der Waals surface area contributed by atoms with Gasteiger partial charge in [-0.1, -0.05) is 12.1 Å². The van der Waals surface area contributed by atoms with Crippen LogP contribution in [0.1, 0.15) is 16.9 Å². The molecule has 3 N–H and O–H groups in total. The van der Waals surface area contributed by atoms with E-state index in [1.165, 1.54) is 0 Å². The highest BCUT2D eigenvalue weighted by atomic mass is 16.5. The number of hydrogen-bond donors (Lipinski definition) is 3. The summed E-state index contributed by atoms with van der Waals surface area (Å²) >= 11 is 0. The summed E-state index contributed by atoms with van der Waals surface area (Å²) in [5, 5.41) is 8.17. The molecule has 0 aliphatic rings. The largest absolute Gasteiger partial charge is 0.483 e. The van der Waals surface area contributed by atoms with Crippen LogP contribution in [0, 0.1) is 13.8 Å². The van der Waals surface area contributed by atoms with Crippen molar-refractivity contribution in [2.45, 2.75) is 20.4 Å². The third-order valence-corrected chi connectivity index (χ3v) is 4.13. The fourth-order valence-electron chi connectivity index (χ4n) is 2.60. The Morgan fingerprint density at radius 1 is 0.966 bits per heavy atom. The van der Waals surface area contributed by atoms with Gasteiger partial charge in [-0.25, -0.2) is 4.79 Å². The van der Waals surface area contributed by atoms with Crippen LogP contribution >= 0.6 is 0 Å². The average Bonchev–Trinajstić information content (AvgIpc) is 3.22. The van der Waals surface area contributed by atoms with Crippen molar-refractivity contribution in [3.05, 3.63) is 77.7 Å². The van der Waals surface area contributed by atoms with Crippen LogP contribution < -0.4 is 20.7 Å². The maximum Gasteiger partial charge on any atom is 0.319 e. The van der Waals surface area contributed by atoms with Crippen LogP contribution in [0.5, 0.6) is 5.75 Å². The molecule has 1 aromatic heterocycles. The molecule has 0 saturated heterocycles. The van der Waals surface area contributed by atoms with Crippen molar-refractivity contribution in [1.82, 2.24) is 5.32 Å². The van der Waals surface area contributed by atoms with Gasteiger partial charge in [-0.3, -0.25) is 4.79 Å². The molecule has 1 heterocycles. The minimum absolute atomic E-state index is 0.0838. The van der Waals surface area contributed by atoms with E-state index in [1.807, 2.05) is 32.0 Å². The second kappa shape index (κ2) is 9.45. The number of amides is 3. The molecule has 2 aromatic carbocycles. The monoisotopic (exact) mass is 393 g/mol. The predicted molar refractivity (Wildman–Crippen MR) is 111 cm³/mol. The van der Waals surface area contributed by atoms with Gasteiger partial charge in [-0.15, -0.1) is 0 Å². The number of aryl methyl sites for hydroxylation is 2. The molecule has 0 fully saturated rings. The van der Waals surface area contributed by atoms with Crippen molar-refractivity contribution >= 4 is 23.3 Å². The van der Waals surface area contributed by atoms with Crippen molar-refractivity contribution < 1.29 is 18.7 Å². The molecule has 0 spiro atoms. The first kappa shape index (κ1) is 20.0. The number of carbonyl (C=O) groups excluding carboxylic acids is 2. The minimum atomic E-state index is -0.347. The quantitative estimate of drug-likeness (QED) is 0.560. The van der Waals surface area contributed by atoms with Crippen LogP contribution in [0.2, 0.25) is 0 Å². The maximum atomic E-state index is 12.1. The van der Waals surface area contributed by atoms with E-state index in [0.29, 0.717) is 29.4 Å². The fourth-order valence-corrected chi connectivity index (χ4v) is 2.60. The second-order valence-corrected chi connectivity index (χ2v) is 6.57. The van der Waals surface area contributed by atoms with Crippen LogP contribution in [-0.2, 0) is 11.3 Å². The Morgan fingerprint density at radius 3 is 2.38 bits per heavy atom. The lowest BCUT2D eigenvalue weighted by molar-refractivity contribution is -0.118. The number of benzene rings is 2. The van der Waals surface area contributed by atoms with Gasteiger partial charge in [0.2, 0.25) is 0 Å². The summed E-state index contributed by atoms with van der Waals surface area (Å²) in [5.41, 5.74) is 3.26. The summed E-state index contributed by atoms with van der Waals surface area (Å²) < 4.78 is 10.8. The molecular weight excluding hydrogens is 370 g/mol. The molecule has 0 atom stereocenters. The van der Waals surface area contributed by atoms with Crippen molar-refractivity contribution in [2.24, 2.45) is 0 Å². The number of carbonyl (C=O) groups is 2. The molecule has 7 heteroatoms. The van der Waals surface area contributed by atoms with Gasteiger partial charge in [-0.05, 0) is 67.4 Å². The first-order valence-electron chi connectivity index (χ1n) is 9.17. The van der Waals surface area contributed by atoms with Gasteiger partial charge in [0.05, 0.1) is 12.8 Å². The number of nitrogens with one attached hydrogen (secondary N) is 3. The van der Waals surface area contributed by atoms with Crippen molar-refractivity contribution in [3.63, 3.8) is 0 Å². The highest BCUT2D eigenvalue weighted by Gasteiger charge is 2.07. The highest BCUT2D eigenvalue weighted by Crippen LogP contribution is 2.19. The maximum absolute atomic E-state index is 12.1. The fraction of sp³-hybridized carbons (Fsp3) is 0.182. The normalized spacial score (nSPS) is 10.3. The summed E-state index contributed by atoms with van der Waals surface area (Å²) in [5.74, 6) is 1.10. The van der Waals surface area contributed by atoms with Crippen molar-refractivity contribution in [1.29, 1.82) is 0 Å². The number of rotatable bonds is 7.